The van der Waals surface area contributed by atoms with Crippen LogP contribution in [0.5, 0.6) is 5.75 Å². The van der Waals surface area contributed by atoms with Gasteiger partial charge in [0.15, 0.2) is 0 Å². The molecule has 0 bridgehead atoms. The van der Waals surface area contributed by atoms with Crippen molar-refractivity contribution in [2.75, 3.05) is 0 Å². The summed E-state index contributed by atoms with van der Waals surface area (Å²) in [6, 6.07) is 15.8. The predicted octanol–water partition coefficient (Wildman–Crippen LogP) is 3.75. The Kier molecular flexibility index (Phi) is 3.64. The van der Waals surface area contributed by atoms with E-state index in [0.717, 1.165) is 22.4 Å². The third-order valence-corrected chi connectivity index (χ3v) is 2.92. The van der Waals surface area contributed by atoms with E-state index in [0.29, 0.717) is 12.2 Å². The molecule has 0 aliphatic carbocycles. The van der Waals surface area contributed by atoms with Gasteiger partial charge < -0.3 is 4.74 Å². The van der Waals surface area contributed by atoms with Gasteiger partial charge in [0, 0.05) is 5.56 Å². The lowest BCUT2D eigenvalue weighted by molar-refractivity contribution is 0.301. The fourth-order valence-electron chi connectivity index (χ4n) is 1.93. The lowest BCUT2D eigenvalue weighted by Crippen LogP contribution is -2.00. The SMILES string of the molecule is Cc1cccc(C)c1OCc1ccccc1C#N. The summed E-state index contributed by atoms with van der Waals surface area (Å²) in [7, 11) is 0. The van der Waals surface area contributed by atoms with Crippen molar-refractivity contribution in [3.8, 4) is 11.8 Å². The molecule has 0 radical (unpaired) electrons. The Hall–Kier alpha value is -2.27. The van der Waals surface area contributed by atoms with E-state index in [4.69, 9.17) is 10.00 Å². The zero-order valence-electron chi connectivity index (χ0n) is 10.6. The van der Waals surface area contributed by atoms with E-state index in [1.807, 2.05) is 56.3 Å². The van der Waals surface area contributed by atoms with Gasteiger partial charge in [-0.3, -0.25) is 0 Å². The van der Waals surface area contributed by atoms with Gasteiger partial charge in [0.25, 0.3) is 0 Å². The van der Waals surface area contributed by atoms with Gasteiger partial charge in [0.1, 0.15) is 12.4 Å². The third-order valence-electron chi connectivity index (χ3n) is 2.92. The van der Waals surface area contributed by atoms with Gasteiger partial charge in [-0.05, 0) is 31.0 Å². The summed E-state index contributed by atoms with van der Waals surface area (Å²) in [5.74, 6) is 0.908. The molecule has 0 amide bonds. The summed E-state index contributed by atoms with van der Waals surface area (Å²) in [5, 5.41) is 9.02. The molecule has 2 heteroatoms. The van der Waals surface area contributed by atoms with Crippen LogP contribution in [-0.2, 0) is 6.61 Å². The fourth-order valence-corrected chi connectivity index (χ4v) is 1.93. The molecule has 0 aliphatic rings. The van der Waals surface area contributed by atoms with Crippen molar-refractivity contribution in [1.29, 1.82) is 5.26 Å². The van der Waals surface area contributed by atoms with Crippen molar-refractivity contribution < 1.29 is 4.74 Å². The van der Waals surface area contributed by atoms with E-state index < -0.39 is 0 Å². The van der Waals surface area contributed by atoms with Gasteiger partial charge in [-0.2, -0.15) is 5.26 Å². The lowest BCUT2D eigenvalue weighted by atomic mass is 10.1. The van der Waals surface area contributed by atoms with Crippen molar-refractivity contribution in [2.45, 2.75) is 20.5 Å². The van der Waals surface area contributed by atoms with E-state index in [1.165, 1.54) is 0 Å². The predicted molar refractivity (Wildman–Crippen MR) is 71.4 cm³/mol. The second-order valence-electron chi connectivity index (χ2n) is 4.28. The molecule has 2 aromatic carbocycles. The van der Waals surface area contributed by atoms with Gasteiger partial charge in [-0.15, -0.1) is 0 Å². The fraction of sp³-hybridized carbons (Fsp3) is 0.188. The van der Waals surface area contributed by atoms with Crippen LogP contribution in [0.3, 0.4) is 0 Å². The number of hydrogen-bond donors (Lipinski definition) is 0. The first-order chi connectivity index (χ1) is 8.72. The molecule has 2 rings (SSSR count). The second-order valence-corrected chi connectivity index (χ2v) is 4.28. The van der Waals surface area contributed by atoms with Crippen LogP contribution in [-0.4, -0.2) is 0 Å². The van der Waals surface area contributed by atoms with Gasteiger partial charge in [0.2, 0.25) is 0 Å². The molecule has 0 spiro atoms. The van der Waals surface area contributed by atoms with E-state index in [-0.39, 0.29) is 0 Å². The summed E-state index contributed by atoms with van der Waals surface area (Å²) in [6.45, 7) is 4.48. The van der Waals surface area contributed by atoms with Crippen LogP contribution >= 0.6 is 0 Å². The van der Waals surface area contributed by atoms with Gasteiger partial charge in [-0.1, -0.05) is 36.4 Å². The van der Waals surface area contributed by atoms with Crippen LogP contribution < -0.4 is 4.74 Å². The summed E-state index contributed by atoms with van der Waals surface area (Å²) in [5.41, 5.74) is 3.82. The van der Waals surface area contributed by atoms with Crippen molar-refractivity contribution in [2.24, 2.45) is 0 Å². The minimum absolute atomic E-state index is 0.426. The maximum atomic E-state index is 9.02. The number of para-hydroxylation sites is 1. The van der Waals surface area contributed by atoms with E-state index in [2.05, 4.69) is 6.07 Å². The van der Waals surface area contributed by atoms with Gasteiger partial charge >= 0.3 is 0 Å². The van der Waals surface area contributed by atoms with Crippen molar-refractivity contribution in [3.63, 3.8) is 0 Å². The molecule has 0 heterocycles. The number of aryl methyl sites for hydroxylation is 2. The number of nitriles is 1. The second kappa shape index (κ2) is 5.37. The average molecular weight is 237 g/mol. The normalized spacial score (nSPS) is 9.83. The summed E-state index contributed by atoms with van der Waals surface area (Å²) < 4.78 is 5.84. The Morgan fingerprint density at radius 3 is 2.33 bits per heavy atom. The molecule has 18 heavy (non-hydrogen) atoms. The maximum Gasteiger partial charge on any atom is 0.125 e. The number of ether oxygens (including phenoxy) is 1. The molecule has 0 unspecified atom stereocenters. The average Bonchev–Trinajstić information content (AvgIpc) is 2.38. The number of benzene rings is 2. The minimum Gasteiger partial charge on any atom is -0.488 e. The molecule has 2 nitrogen and oxygen atoms in total. The summed E-state index contributed by atoms with van der Waals surface area (Å²) in [6.07, 6.45) is 0. The molecule has 2 aromatic rings. The third kappa shape index (κ3) is 2.52. The zero-order valence-corrected chi connectivity index (χ0v) is 10.6. The van der Waals surface area contributed by atoms with Crippen LogP contribution in [0.25, 0.3) is 0 Å². The quantitative estimate of drug-likeness (QED) is 0.814. The smallest absolute Gasteiger partial charge is 0.125 e. The monoisotopic (exact) mass is 237 g/mol. The highest BCUT2D eigenvalue weighted by molar-refractivity contribution is 5.41. The molecule has 0 saturated carbocycles. The first-order valence-corrected chi connectivity index (χ1v) is 5.89. The van der Waals surface area contributed by atoms with E-state index in [1.54, 1.807) is 0 Å². The molecule has 0 fully saturated rings. The first-order valence-electron chi connectivity index (χ1n) is 5.89. The minimum atomic E-state index is 0.426. The first kappa shape index (κ1) is 12.2. The summed E-state index contributed by atoms with van der Waals surface area (Å²) >= 11 is 0. The van der Waals surface area contributed by atoms with E-state index >= 15 is 0 Å². The highest BCUT2D eigenvalue weighted by Crippen LogP contribution is 2.23. The van der Waals surface area contributed by atoms with Crippen molar-refractivity contribution >= 4 is 0 Å². The Morgan fingerprint density at radius 1 is 1.00 bits per heavy atom. The standard InChI is InChI=1S/C16H15NO/c1-12-6-5-7-13(2)16(12)18-11-15-9-4-3-8-14(15)10-17/h3-9H,11H2,1-2H3. The van der Waals surface area contributed by atoms with Crippen molar-refractivity contribution in [3.05, 3.63) is 64.7 Å². The molecule has 0 saturated heterocycles. The Balaban J connectivity index is 2.20. The molecular formula is C16H15NO. The summed E-state index contributed by atoms with van der Waals surface area (Å²) in [4.78, 5) is 0. The lowest BCUT2D eigenvalue weighted by Gasteiger charge is -2.12. The molecule has 90 valence electrons. The number of nitrogens with zero attached hydrogens (tertiary/aromatic N) is 1. The van der Waals surface area contributed by atoms with Crippen LogP contribution in [0.1, 0.15) is 22.3 Å². The highest BCUT2D eigenvalue weighted by Gasteiger charge is 2.05. The van der Waals surface area contributed by atoms with Crippen molar-refractivity contribution in [1.82, 2.24) is 0 Å². The van der Waals surface area contributed by atoms with Crippen LogP contribution in [0.15, 0.2) is 42.5 Å². The van der Waals surface area contributed by atoms with Gasteiger partial charge in [0.05, 0.1) is 11.6 Å². The molecule has 0 aromatic heterocycles. The van der Waals surface area contributed by atoms with Crippen LogP contribution in [0.4, 0.5) is 0 Å². The maximum absolute atomic E-state index is 9.02. The number of hydrogen-bond acceptors (Lipinski definition) is 2. The Bertz CT molecular complexity index is 576. The molecule has 0 N–H and O–H groups in total. The zero-order chi connectivity index (χ0) is 13.0. The number of rotatable bonds is 3. The van der Waals surface area contributed by atoms with E-state index in [9.17, 15) is 0 Å². The van der Waals surface area contributed by atoms with Gasteiger partial charge in [-0.25, -0.2) is 0 Å². The Labute approximate surface area is 107 Å². The van der Waals surface area contributed by atoms with Crippen LogP contribution in [0, 0.1) is 25.2 Å². The molecular weight excluding hydrogens is 222 g/mol. The highest BCUT2D eigenvalue weighted by atomic mass is 16.5. The molecule has 0 aliphatic heterocycles. The Morgan fingerprint density at radius 2 is 1.67 bits per heavy atom. The van der Waals surface area contributed by atoms with Crippen LogP contribution in [0.2, 0.25) is 0 Å². The molecule has 0 atom stereocenters. The topological polar surface area (TPSA) is 33.0 Å². The largest absolute Gasteiger partial charge is 0.488 e.